The van der Waals surface area contributed by atoms with Crippen LogP contribution in [0.15, 0.2) is 36.4 Å². The molecule has 2 unspecified atom stereocenters. The van der Waals surface area contributed by atoms with Crippen LogP contribution in [0.1, 0.15) is 62.3 Å². The molecule has 3 rings (SSSR count). The monoisotopic (exact) mass is 586 g/mol. The molecule has 0 heterocycles. The molecular formula is C29H40ClFN8O2. The maximum Gasteiger partial charge on any atom is 0.313 e. The molecule has 0 saturated heterocycles. The lowest BCUT2D eigenvalue weighted by molar-refractivity contribution is -0.136. The van der Waals surface area contributed by atoms with E-state index in [4.69, 9.17) is 22.4 Å². The molecule has 2 aromatic carbocycles. The Labute approximate surface area is 245 Å². The highest BCUT2D eigenvalue weighted by Gasteiger charge is 2.35. The Balaban J connectivity index is 1.68. The maximum absolute atomic E-state index is 13.8. The van der Waals surface area contributed by atoms with Gasteiger partial charge in [0.1, 0.15) is 5.82 Å². The van der Waals surface area contributed by atoms with E-state index in [1.165, 1.54) is 12.1 Å². The van der Waals surface area contributed by atoms with Crippen molar-refractivity contribution >= 4 is 41.0 Å². The average molecular weight is 587 g/mol. The van der Waals surface area contributed by atoms with E-state index in [0.29, 0.717) is 19.5 Å². The van der Waals surface area contributed by atoms with Crippen LogP contribution < -0.4 is 31.9 Å². The smallest absolute Gasteiger partial charge is 0.313 e. The molecule has 0 saturated carbocycles. The fourth-order valence-corrected chi connectivity index (χ4v) is 4.97. The molecule has 3 atom stereocenters. The van der Waals surface area contributed by atoms with Crippen LogP contribution in [0, 0.1) is 22.6 Å². The third-order valence-electron chi connectivity index (χ3n) is 7.17. The summed E-state index contributed by atoms with van der Waals surface area (Å²) in [6, 6.07) is 9.46. The number of hydrogen-bond acceptors (Lipinski definition) is 4. The van der Waals surface area contributed by atoms with E-state index in [0.717, 1.165) is 48.4 Å². The summed E-state index contributed by atoms with van der Waals surface area (Å²) in [4.78, 5) is 25.5. The summed E-state index contributed by atoms with van der Waals surface area (Å²) in [7, 11) is 1.64. The molecule has 12 heteroatoms. The van der Waals surface area contributed by atoms with Crippen molar-refractivity contribution in [3.05, 3.63) is 63.9 Å². The van der Waals surface area contributed by atoms with Crippen LogP contribution in [0.25, 0.3) is 0 Å². The van der Waals surface area contributed by atoms with Gasteiger partial charge in [-0.25, -0.2) is 4.39 Å². The lowest BCUT2D eigenvalue weighted by Crippen LogP contribution is -2.43. The molecule has 10 nitrogen and oxygen atoms in total. The summed E-state index contributed by atoms with van der Waals surface area (Å²) in [5.74, 6) is -2.18. The van der Waals surface area contributed by atoms with E-state index >= 15 is 0 Å². The zero-order valence-corrected chi connectivity index (χ0v) is 24.5. The minimum atomic E-state index is -0.925. The fourth-order valence-electron chi connectivity index (χ4n) is 4.85. The first-order chi connectivity index (χ1) is 19.6. The van der Waals surface area contributed by atoms with Gasteiger partial charge in [-0.2, -0.15) is 0 Å². The van der Waals surface area contributed by atoms with Gasteiger partial charge in [0.2, 0.25) is 0 Å². The number of amides is 2. The Hall–Kier alpha value is -3.86. The van der Waals surface area contributed by atoms with Gasteiger partial charge in [0, 0.05) is 37.8 Å². The molecule has 0 fully saturated rings. The number of fused-ring (bicyclic) bond motifs is 1. The second kappa shape index (κ2) is 15.2. The van der Waals surface area contributed by atoms with Crippen molar-refractivity contribution < 1.29 is 14.0 Å². The van der Waals surface area contributed by atoms with Gasteiger partial charge >= 0.3 is 11.8 Å². The molecule has 0 bridgehead atoms. The number of hydrogen-bond donors (Lipinski definition) is 8. The third kappa shape index (κ3) is 9.07. The molecule has 1 aliphatic rings. The highest BCUT2D eigenvalue weighted by Crippen LogP contribution is 2.36. The van der Waals surface area contributed by atoms with Crippen LogP contribution in [0.5, 0.6) is 0 Å². The Morgan fingerprint density at radius 2 is 1.85 bits per heavy atom. The van der Waals surface area contributed by atoms with Crippen LogP contribution in [-0.2, 0) is 22.6 Å². The second-order valence-corrected chi connectivity index (χ2v) is 10.6. The summed E-state index contributed by atoms with van der Waals surface area (Å²) >= 11 is 5.70. The van der Waals surface area contributed by atoms with Crippen molar-refractivity contribution in [2.24, 2.45) is 5.92 Å². The molecule has 2 aromatic rings. The number of unbranched alkanes of at least 4 members (excludes halogenated alkanes) is 1. The Bertz CT molecular complexity index is 1260. The summed E-state index contributed by atoms with van der Waals surface area (Å²) in [6.07, 6.45) is 4.83. The summed E-state index contributed by atoms with van der Waals surface area (Å²) in [5.41, 5.74) is 3.01. The van der Waals surface area contributed by atoms with Crippen LogP contribution in [-0.4, -0.2) is 43.4 Å². The van der Waals surface area contributed by atoms with E-state index in [9.17, 15) is 14.0 Å². The fraction of sp³-hybridized carbons (Fsp3) is 0.448. The number of rotatable bonds is 11. The van der Waals surface area contributed by atoms with Gasteiger partial charge in [-0.3, -0.25) is 20.4 Å². The van der Waals surface area contributed by atoms with Gasteiger partial charge in [-0.15, -0.1) is 0 Å². The van der Waals surface area contributed by atoms with Crippen LogP contribution in [0.3, 0.4) is 0 Å². The number of carbonyl (C=O) groups excluding carboxylic acids is 2. The molecule has 0 radical (unpaired) electrons. The molecular weight excluding hydrogens is 547 g/mol. The van der Waals surface area contributed by atoms with Crippen LogP contribution >= 0.6 is 11.6 Å². The molecule has 41 heavy (non-hydrogen) atoms. The Kier molecular flexibility index (Phi) is 11.8. The lowest BCUT2D eigenvalue weighted by Gasteiger charge is -2.22. The van der Waals surface area contributed by atoms with Crippen molar-refractivity contribution in [2.45, 2.75) is 64.6 Å². The number of anilines is 1. The predicted octanol–water partition coefficient (Wildman–Crippen LogP) is 3.77. The topological polar surface area (TPSA) is 154 Å². The van der Waals surface area contributed by atoms with Gasteiger partial charge in [0.05, 0.1) is 11.1 Å². The van der Waals surface area contributed by atoms with Crippen molar-refractivity contribution in [1.82, 2.24) is 26.6 Å². The quantitative estimate of drug-likeness (QED) is 0.114. The number of carbonyl (C=O) groups is 2. The molecule has 8 N–H and O–H groups in total. The first-order valence-corrected chi connectivity index (χ1v) is 14.3. The lowest BCUT2D eigenvalue weighted by atomic mass is 10.00. The highest BCUT2D eigenvalue weighted by atomic mass is 35.5. The largest absolute Gasteiger partial charge is 0.360 e. The van der Waals surface area contributed by atoms with Crippen LogP contribution in [0.2, 0.25) is 5.02 Å². The van der Waals surface area contributed by atoms with Gasteiger partial charge in [-0.05, 0) is 54.2 Å². The van der Waals surface area contributed by atoms with Gasteiger partial charge < -0.3 is 31.9 Å². The first-order valence-electron chi connectivity index (χ1n) is 13.9. The molecule has 222 valence electrons. The standard InChI is InChI=1S/C29H40ClFN8O2/c1-4-6-7-20(5-2)38-29(33)35-15-17-8-10-22-18(12-17)13-19(16-36-28(32)34-3)25(22)39-27(41)26(40)37-21-9-11-23(30)24(31)14-21/h8-12,14,19-20,25H,4-7,13,15-16H2,1-3H3,(H,37,40)(H,39,41)(H3,32,34,36)(H3,33,35,38)/t19?,20?,25-/m1/s1. The van der Waals surface area contributed by atoms with Gasteiger partial charge in [0.15, 0.2) is 11.9 Å². The summed E-state index contributed by atoms with van der Waals surface area (Å²) in [6.45, 7) is 5.13. The normalized spacial score (nSPS) is 16.2. The Morgan fingerprint density at radius 1 is 1.07 bits per heavy atom. The Morgan fingerprint density at radius 3 is 2.54 bits per heavy atom. The maximum atomic E-state index is 13.8. The van der Waals surface area contributed by atoms with Gasteiger partial charge in [0.25, 0.3) is 0 Å². The van der Waals surface area contributed by atoms with Crippen molar-refractivity contribution in [3.8, 4) is 0 Å². The SMILES string of the molecule is CCCCC(CC)NC(=N)NCc1ccc2c(c1)CC(CNC(=N)NC)[C@H]2NC(=O)C(=O)Nc1ccc(Cl)c(F)c1. The van der Waals surface area contributed by atoms with E-state index in [1.807, 2.05) is 18.2 Å². The zero-order valence-electron chi connectivity index (χ0n) is 23.7. The zero-order chi connectivity index (χ0) is 29.9. The number of halogens is 2. The molecule has 0 spiro atoms. The molecule has 2 amide bonds. The number of benzene rings is 2. The molecule has 1 aliphatic carbocycles. The van der Waals surface area contributed by atoms with Crippen molar-refractivity contribution in [1.29, 1.82) is 10.8 Å². The first kappa shape index (κ1) is 31.7. The number of guanidine groups is 2. The molecule has 0 aliphatic heterocycles. The van der Waals surface area contributed by atoms with Crippen molar-refractivity contribution in [2.75, 3.05) is 18.9 Å². The number of nitrogens with one attached hydrogen (secondary N) is 8. The summed E-state index contributed by atoms with van der Waals surface area (Å²) < 4.78 is 13.8. The highest BCUT2D eigenvalue weighted by molar-refractivity contribution is 6.39. The predicted molar refractivity (Wildman–Crippen MR) is 161 cm³/mol. The van der Waals surface area contributed by atoms with E-state index in [2.05, 4.69) is 45.7 Å². The third-order valence-corrected chi connectivity index (χ3v) is 7.48. The molecule has 0 aromatic heterocycles. The van der Waals surface area contributed by atoms with Crippen molar-refractivity contribution in [3.63, 3.8) is 0 Å². The van der Waals surface area contributed by atoms with E-state index in [1.54, 1.807) is 7.05 Å². The van der Waals surface area contributed by atoms with Gasteiger partial charge in [-0.1, -0.05) is 56.5 Å². The minimum Gasteiger partial charge on any atom is -0.360 e. The minimum absolute atomic E-state index is 0.0858. The van der Waals surface area contributed by atoms with E-state index < -0.39 is 23.7 Å². The van der Waals surface area contributed by atoms with Crippen LogP contribution in [0.4, 0.5) is 10.1 Å². The average Bonchev–Trinajstić information content (AvgIpc) is 3.30. The second-order valence-electron chi connectivity index (χ2n) is 10.2. The summed E-state index contributed by atoms with van der Waals surface area (Å²) in [5, 5.41) is 33.4. The van der Waals surface area contributed by atoms with E-state index in [-0.39, 0.29) is 34.6 Å².